The molecule has 0 saturated heterocycles. The average molecular weight is 318 g/mol. The van der Waals surface area contributed by atoms with Crippen LogP contribution in [0.3, 0.4) is 0 Å². The van der Waals surface area contributed by atoms with Gasteiger partial charge in [0.1, 0.15) is 0 Å². The third-order valence-electron chi connectivity index (χ3n) is 3.09. The first-order valence-electron chi connectivity index (χ1n) is 6.33. The Labute approximate surface area is 131 Å². The molecule has 0 aliphatic heterocycles. The summed E-state index contributed by atoms with van der Waals surface area (Å²) < 4.78 is 0.847. The molecule has 0 fully saturated rings. The normalized spacial score (nSPS) is 10.8. The standard InChI is InChI=1S/C15H12ClN3OS/c1-19(9-10-2-5-17-6-3-10)15(20)13-8-12-14(21-13)11(16)4-7-18-12/h2-8H,9H2,1H3. The van der Waals surface area contributed by atoms with Crippen molar-refractivity contribution in [3.63, 3.8) is 0 Å². The van der Waals surface area contributed by atoms with Crippen LogP contribution < -0.4 is 0 Å². The molecule has 0 saturated carbocycles. The van der Waals surface area contributed by atoms with E-state index in [1.165, 1.54) is 11.3 Å². The molecule has 0 bridgehead atoms. The summed E-state index contributed by atoms with van der Waals surface area (Å²) in [4.78, 5) is 23.0. The second kappa shape index (κ2) is 5.79. The fourth-order valence-corrected chi connectivity index (χ4v) is 3.32. The van der Waals surface area contributed by atoms with Crippen LogP contribution in [0.15, 0.2) is 42.9 Å². The molecule has 0 N–H and O–H groups in total. The van der Waals surface area contributed by atoms with Gasteiger partial charge in [0.2, 0.25) is 0 Å². The summed E-state index contributed by atoms with van der Waals surface area (Å²) in [6.45, 7) is 0.538. The van der Waals surface area contributed by atoms with E-state index >= 15 is 0 Å². The average Bonchev–Trinajstić information content (AvgIpc) is 2.93. The van der Waals surface area contributed by atoms with Gasteiger partial charge in [-0.25, -0.2) is 0 Å². The van der Waals surface area contributed by atoms with Crippen LogP contribution in [0.5, 0.6) is 0 Å². The minimum absolute atomic E-state index is 0.0362. The van der Waals surface area contributed by atoms with E-state index in [1.54, 1.807) is 42.7 Å². The molecule has 1 amide bonds. The number of carbonyl (C=O) groups is 1. The van der Waals surface area contributed by atoms with E-state index in [9.17, 15) is 4.79 Å². The molecular formula is C15H12ClN3OS. The maximum Gasteiger partial charge on any atom is 0.264 e. The van der Waals surface area contributed by atoms with Crippen molar-refractivity contribution in [1.82, 2.24) is 14.9 Å². The highest BCUT2D eigenvalue weighted by Gasteiger charge is 2.16. The minimum Gasteiger partial charge on any atom is -0.337 e. The SMILES string of the molecule is CN(Cc1ccncc1)C(=O)c1cc2nccc(Cl)c2s1. The van der Waals surface area contributed by atoms with Gasteiger partial charge in [-0.3, -0.25) is 14.8 Å². The Bertz CT molecular complexity index is 788. The van der Waals surface area contributed by atoms with E-state index in [2.05, 4.69) is 9.97 Å². The lowest BCUT2D eigenvalue weighted by Gasteiger charge is -2.15. The van der Waals surface area contributed by atoms with Gasteiger partial charge in [0.25, 0.3) is 5.91 Å². The minimum atomic E-state index is -0.0362. The molecule has 0 spiro atoms. The second-order valence-electron chi connectivity index (χ2n) is 4.63. The van der Waals surface area contributed by atoms with E-state index in [1.807, 2.05) is 12.1 Å². The number of hydrogen-bond acceptors (Lipinski definition) is 4. The summed E-state index contributed by atoms with van der Waals surface area (Å²) in [5.41, 5.74) is 1.80. The van der Waals surface area contributed by atoms with Crippen LogP contribution in [0.1, 0.15) is 15.2 Å². The van der Waals surface area contributed by atoms with Crippen molar-refractivity contribution < 1.29 is 4.79 Å². The third kappa shape index (κ3) is 2.89. The lowest BCUT2D eigenvalue weighted by atomic mass is 10.2. The number of rotatable bonds is 3. The molecule has 4 nitrogen and oxygen atoms in total. The van der Waals surface area contributed by atoms with Crippen molar-refractivity contribution in [2.45, 2.75) is 6.54 Å². The third-order valence-corrected chi connectivity index (χ3v) is 4.66. The Hall–Kier alpha value is -1.98. The number of aromatic nitrogens is 2. The summed E-state index contributed by atoms with van der Waals surface area (Å²) in [5, 5.41) is 0.626. The van der Waals surface area contributed by atoms with Crippen molar-refractivity contribution in [1.29, 1.82) is 0 Å². The van der Waals surface area contributed by atoms with Crippen LogP contribution in [0.4, 0.5) is 0 Å². The molecule has 6 heteroatoms. The molecule has 3 rings (SSSR count). The number of amides is 1. The zero-order chi connectivity index (χ0) is 14.8. The van der Waals surface area contributed by atoms with Crippen LogP contribution in [0.25, 0.3) is 10.2 Å². The van der Waals surface area contributed by atoms with E-state index in [-0.39, 0.29) is 5.91 Å². The highest BCUT2D eigenvalue weighted by Crippen LogP contribution is 2.30. The summed E-state index contributed by atoms with van der Waals surface area (Å²) in [6.07, 6.45) is 5.08. The van der Waals surface area contributed by atoms with Crippen molar-refractivity contribution in [3.05, 3.63) is 58.3 Å². The molecule has 0 atom stereocenters. The first kappa shape index (κ1) is 14.0. The zero-order valence-corrected chi connectivity index (χ0v) is 12.9. The van der Waals surface area contributed by atoms with E-state index in [0.717, 1.165) is 15.8 Å². The Morgan fingerprint density at radius 2 is 2.05 bits per heavy atom. The van der Waals surface area contributed by atoms with Gasteiger partial charge < -0.3 is 4.90 Å². The van der Waals surface area contributed by atoms with E-state index < -0.39 is 0 Å². The molecule has 0 aromatic carbocycles. The molecule has 0 aliphatic carbocycles. The Kier molecular flexibility index (Phi) is 3.86. The Morgan fingerprint density at radius 1 is 1.29 bits per heavy atom. The monoisotopic (exact) mass is 317 g/mol. The van der Waals surface area contributed by atoms with Gasteiger partial charge in [0.05, 0.1) is 20.1 Å². The largest absolute Gasteiger partial charge is 0.337 e. The van der Waals surface area contributed by atoms with Crippen LogP contribution in [-0.4, -0.2) is 27.8 Å². The molecule has 0 radical (unpaired) electrons. The van der Waals surface area contributed by atoms with Crippen molar-refractivity contribution >= 4 is 39.1 Å². The van der Waals surface area contributed by atoms with Gasteiger partial charge in [0.15, 0.2) is 0 Å². The fraction of sp³-hybridized carbons (Fsp3) is 0.133. The Balaban J connectivity index is 1.84. The highest BCUT2D eigenvalue weighted by atomic mass is 35.5. The van der Waals surface area contributed by atoms with Crippen molar-refractivity contribution in [2.24, 2.45) is 0 Å². The van der Waals surface area contributed by atoms with Crippen molar-refractivity contribution in [2.75, 3.05) is 7.05 Å². The maximum atomic E-state index is 12.5. The molecule has 106 valence electrons. The van der Waals surface area contributed by atoms with Gasteiger partial charge >= 0.3 is 0 Å². The summed E-state index contributed by atoms with van der Waals surface area (Å²) >= 11 is 7.50. The first-order chi connectivity index (χ1) is 10.1. The van der Waals surface area contributed by atoms with Gasteiger partial charge in [0, 0.05) is 32.2 Å². The van der Waals surface area contributed by atoms with Crippen molar-refractivity contribution in [3.8, 4) is 0 Å². The van der Waals surface area contributed by atoms with Crippen LogP contribution >= 0.6 is 22.9 Å². The number of thiophene rings is 1. The molecule has 3 heterocycles. The summed E-state index contributed by atoms with van der Waals surface area (Å²) in [5.74, 6) is -0.0362. The zero-order valence-electron chi connectivity index (χ0n) is 11.3. The Morgan fingerprint density at radius 3 is 2.76 bits per heavy atom. The van der Waals surface area contributed by atoms with E-state index in [4.69, 9.17) is 11.6 Å². The highest BCUT2D eigenvalue weighted by molar-refractivity contribution is 7.21. The van der Waals surface area contributed by atoms with Crippen LogP contribution in [0, 0.1) is 0 Å². The van der Waals surface area contributed by atoms with E-state index in [0.29, 0.717) is 16.4 Å². The van der Waals surface area contributed by atoms with Gasteiger partial charge in [-0.05, 0) is 29.8 Å². The van der Waals surface area contributed by atoms with Crippen LogP contribution in [0.2, 0.25) is 5.02 Å². The molecule has 0 aliphatic rings. The molecule has 3 aromatic heterocycles. The number of fused-ring (bicyclic) bond motifs is 1. The topological polar surface area (TPSA) is 46.1 Å². The number of nitrogens with zero attached hydrogens (tertiary/aromatic N) is 3. The smallest absolute Gasteiger partial charge is 0.264 e. The molecule has 21 heavy (non-hydrogen) atoms. The molecular weight excluding hydrogens is 306 g/mol. The van der Waals surface area contributed by atoms with Crippen LogP contribution in [-0.2, 0) is 6.54 Å². The summed E-state index contributed by atoms with van der Waals surface area (Å²) in [6, 6.07) is 7.31. The lowest BCUT2D eigenvalue weighted by Crippen LogP contribution is -2.25. The number of hydrogen-bond donors (Lipinski definition) is 0. The summed E-state index contributed by atoms with van der Waals surface area (Å²) in [7, 11) is 1.78. The first-order valence-corrected chi connectivity index (χ1v) is 7.53. The van der Waals surface area contributed by atoms with Gasteiger partial charge in [-0.1, -0.05) is 11.6 Å². The second-order valence-corrected chi connectivity index (χ2v) is 6.09. The molecule has 0 unspecified atom stereocenters. The quantitative estimate of drug-likeness (QED) is 0.741. The lowest BCUT2D eigenvalue weighted by molar-refractivity contribution is 0.0790. The van der Waals surface area contributed by atoms with Gasteiger partial charge in [-0.15, -0.1) is 11.3 Å². The molecule has 3 aromatic rings. The predicted molar refractivity (Wildman–Crippen MR) is 84.7 cm³/mol. The number of halogens is 1. The predicted octanol–water partition coefficient (Wildman–Crippen LogP) is 3.62. The fourth-order valence-electron chi connectivity index (χ4n) is 2.03. The number of carbonyl (C=O) groups excluding carboxylic acids is 1. The maximum absolute atomic E-state index is 12.5. The van der Waals surface area contributed by atoms with Gasteiger partial charge in [-0.2, -0.15) is 0 Å². The number of pyridine rings is 2.